The van der Waals surface area contributed by atoms with Gasteiger partial charge in [0.15, 0.2) is 5.78 Å². The minimum absolute atomic E-state index is 0.0715. The standard InChI is InChI=1S/C24H20ClNO4/c1-14-21(11-10-19-20(27)12-13-29-22(14)19)30-23(16-6-8-18(25)9-7-16)15-2-4-17(5-3-15)24(26)28/h2-11,23H,12-13H2,1H3,(H2,26,28)/t23-/m0/s1. The molecule has 0 spiro atoms. The fraction of sp³-hybridized carbons (Fsp3) is 0.167. The normalized spacial score (nSPS) is 13.9. The van der Waals surface area contributed by atoms with Crippen LogP contribution in [-0.2, 0) is 0 Å². The van der Waals surface area contributed by atoms with Crippen LogP contribution in [0, 0.1) is 6.92 Å². The molecular weight excluding hydrogens is 402 g/mol. The van der Waals surface area contributed by atoms with Gasteiger partial charge in [-0.05, 0) is 54.4 Å². The zero-order chi connectivity index (χ0) is 21.3. The molecule has 0 aliphatic carbocycles. The lowest BCUT2D eigenvalue weighted by atomic mass is 9.98. The first kappa shape index (κ1) is 20.0. The maximum Gasteiger partial charge on any atom is 0.248 e. The van der Waals surface area contributed by atoms with E-state index in [1.807, 2.05) is 31.2 Å². The first-order valence-electron chi connectivity index (χ1n) is 9.55. The molecule has 0 saturated heterocycles. The maximum absolute atomic E-state index is 12.2. The van der Waals surface area contributed by atoms with E-state index in [4.69, 9.17) is 26.8 Å². The van der Waals surface area contributed by atoms with Crippen LogP contribution in [-0.4, -0.2) is 18.3 Å². The second-order valence-corrected chi connectivity index (χ2v) is 7.56. The number of carbonyl (C=O) groups excluding carboxylic acids is 2. The predicted molar refractivity (Wildman–Crippen MR) is 115 cm³/mol. The lowest BCUT2D eigenvalue weighted by Crippen LogP contribution is -2.17. The fourth-order valence-electron chi connectivity index (χ4n) is 3.50. The van der Waals surface area contributed by atoms with Gasteiger partial charge in [0, 0.05) is 22.6 Å². The summed E-state index contributed by atoms with van der Waals surface area (Å²) in [7, 11) is 0. The molecule has 0 bridgehead atoms. The molecular formula is C24H20ClNO4. The number of carbonyl (C=O) groups is 2. The van der Waals surface area contributed by atoms with Gasteiger partial charge in [-0.2, -0.15) is 0 Å². The van der Waals surface area contributed by atoms with Crippen LogP contribution in [0.2, 0.25) is 5.02 Å². The van der Waals surface area contributed by atoms with Crippen molar-refractivity contribution in [1.82, 2.24) is 0 Å². The van der Waals surface area contributed by atoms with Gasteiger partial charge < -0.3 is 15.2 Å². The molecule has 6 heteroatoms. The monoisotopic (exact) mass is 421 g/mol. The molecule has 0 unspecified atom stereocenters. The highest BCUT2D eigenvalue weighted by Gasteiger charge is 2.24. The molecule has 0 fully saturated rings. The summed E-state index contributed by atoms with van der Waals surface area (Å²) in [5, 5.41) is 0.624. The molecule has 3 aromatic carbocycles. The van der Waals surface area contributed by atoms with E-state index in [0.717, 1.165) is 16.7 Å². The first-order valence-corrected chi connectivity index (χ1v) is 9.93. The van der Waals surface area contributed by atoms with Gasteiger partial charge in [0.25, 0.3) is 0 Å². The van der Waals surface area contributed by atoms with Gasteiger partial charge >= 0.3 is 0 Å². The molecule has 0 aromatic heterocycles. The third-order valence-corrected chi connectivity index (χ3v) is 5.40. The van der Waals surface area contributed by atoms with Crippen LogP contribution in [0.15, 0.2) is 60.7 Å². The number of fused-ring (bicyclic) bond motifs is 1. The Morgan fingerprint density at radius 1 is 1.03 bits per heavy atom. The van der Waals surface area contributed by atoms with Crippen molar-refractivity contribution in [2.45, 2.75) is 19.4 Å². The van der Waals surface area contributed by atoms with E-state index < -0.39 is 12.0 Å². The van der Waals surface area contributed by atoms with Crippen molar-refractivity contribution in [2.24, 2.45) is 5.73 Å². The van der Waals surface area contributed by atoms with E-state index in [2.05, 4.69) is 0 Å². The molecule has 0 radical (unpaired) electrons. The summed E-state index contributed by atoms with van der Waals surface area (Å²) in [6.07, 6.45) is -0.0769. The molecule has 5 nitrogen and oxygen atoms in total. The predicted octanol–water partition coefficient (Wildman–Crippen LogP) is 4.88. The maximum atomic E-state index is 12.2. The Balaban J connectivity index is 1.74. The Bertz CT molecular complexity index is 1110. The highest BCUT2D eigenvalue weighted by molar-refractivity contribution is 6.30. The van der Waals surface area contributed by atoms with Crippen LogP contribution >= 0.6 is 11.6 Å². The van der Waals surface area contributed by atoms with Gasteiger partial charge in [0.2, 0.25) is 5.91 Å². The first-order chi connectivity index (χ1) is 14.4. The van der Waals surface area contributed by atoms with Gasteiger partial charge in [0.05, 0.1) is 12.2 Å². The van der Waals surface area contributed by atoms with Crippen molar-refractivity contribution in [3.05, 3.63) is 93.5 Å². The minimum atomic E-state index is -0.488. The Morgan fingerprint density at radius 2 is 1.67 bits per heavy atom. The Hall–Kier alpha value is -3.31. The molecule has 1 aliphatic heterocycles. The van der Waals surface area contributed by atoms with Gasteiger partial charge in [-0.1, -0.05) is 35.9 Å². The molecule has 1 atom stereocenters. The molecule has 3 aromatic rings. The van der Waals surface area contributed by atoms with Crippen molar-refractivity contribution in [3.8, 4) is 11.5 Å². The average molecular weight is 422 g/mol. The number of hydrogen-bond acceptors (Lipinski definition) is 4. The number of Topliss-reactive ketones (excluding diaryl/α,β-unsaturated/α-hetero) is 1. The third kappa shape index (κ3) is 3.89. The summed E-state index contributed by atoms with van der Waals surface area (Å²) < 4.78 is 12.2. The SMILES string of the molecule is Cc1c(O[C@H](c2ccc(Cl)cc2)c2ccc(C(N)=O)cc2)ccc2c1OCCC2=O. The summed E-state index contributed by atoms with van der Waals surface area (Å²) in [6, 6.07) is 17.9. The lowest BCUT2D eigenvalue weighted by Gasteiger charge is -2.24. The van der Waals surface area contributed by atoms with E-state index in [1.54, 1.807) is 36.4 Å². The van der Waals surface area contributed by atoms with Crippen LogP contribution < -0.4 is 15.2 Å². The van der Waals surface area contributed by atoms with Gasteiger partial charge in [-0.25, -0.2) is 0 Å². The van der Waals surface area contributed by atoms with E-state index >= 15 is 0 Å². The number of rotatable bonds is 5. The summed E-state index contributed by atoms with van der Waals surface area (Å²) >= 11 is 6.06. The molecule has 0 saturated carbocycles. The smallest absolute Gasteiger partial charge is 0.248 e. The largest absolute Gasteiger partial charge is 0.492 e. The summed E-state index contributed by atoms with van der Waals surface area (Å²) in [6.45, 7) is 2.24. The Morgan fingerprint density at radius 3 is 2.30 bits per heavy atom. The molecule has 152 valence electrons. The second-order valence-electron chi connectivity index (χ2n) is 7.12. The number of nitrogens with two attached hydrogens (primary N) is 1. The number of ether oxygens (including phenoxy) is 2. The summed E-state index contributed by atoms with van der Waals surface area (Å²) in [5.74, 6) is 0.769. The third-order valence-electron chi connectivity index (χ3n) is 5.15. The molecule has 1 heterocycles. The van der Waals surface area contributed by atoms with Crippen LogP contribution in [0.4, 0.5) is 0 Å². The van der Waals surface area contributed by atoms with Gasteiger partial charge in [0.1, 0.15) is 17.6 Å². The lowest BCUT2D eigenvalue weighted by molar-refractivity contribution is 0.0931. The number of primary amides is 1. The molecule has 2 N–H and O–H groups in total. The highest BCUT2D eigenvalue weighted by Crippen LogP contribution is 2.38. The Labute approximate surface area is 179 Å². The summed E-state index contributed by atoms with van der Waals surface area (Å²) in [5.41, 5.74) is 8.87. The van der Waals surface area contributed by atoms with Gasteiger partial charge in [-0.3, -0.25) is 9.59 Å². The molecule has 1 aliphatic rings. The van der Waals surface area contributed by atoms with E-state index in [-0.39, 0.29) is 5.78 Å². The zero-order valence-electron chi connectivity index (χ0n) is 16.4. The average Bonchev–Trinajstić information content (AvgIpc) is 2.75. The van der Waals surface area contributed by atoms with Crippen molar-refractivity contribution >= 4 is 23.3 Å². The topological polar surface area (TPSA) is 78.6 Å². The summed E-state index contributed by atoms with van der Waals surface area (Å²) in [4.78, 5) is 23.6. The van der Waals surface area contributed by atoms with Crippen LogP contribution in [0.5, 0.6) is 11.5 Å². The van der Waals surface area contributed by atoms with Crippen molar-refractivity contribution in [1.29, 1.82) is 0 Å². The molecule has 4 rings (SSSR count). The quantitative estimate of drug-likeness (QED) is 0.636. The number of halogens is 1. The van der Waals surface area contributed by atoms with Crippen molar-refractivity contribution in [2.75, 3.05) is 6.61 Å². The van der Waals surface area contributed by atoms with Crippen LogP contribution in [0.25, 0.3) is 0 Å². The molecule has 30 heavy (non-hydrogen) atoms. The van der Waals surface area contributed by atoms with E-state index in [1.165, 1.54) is 0 Å². The van der Waals surface area contributed by atoms with Crippen molar-refractivity contribution < 1.29 is 19.1 Å². The molecule has 1 amide bonds. The minimum Gasteiger partial charge on any atom is -0.492 e. The van der Waals surface area contributed by atoms with Crippen LogP contribution in [0.1, 0.15) is 49.9 Å². The fourth-order valence-corrected chi connectivity index (χ4v) is 3.63. The van der Waals surface area contributed by atoms with Gasteiger partial charge in [-0.15, -0.1) is 0 Å². The number of ketones is 1. The Kier molecular flexibility index (Phi) is 5.46. The highest BCUT2D eigenvalue weighted by atomic mass is 35.5. The number of benzene rings is 3. The van der Waals surface area contributed by atoms with E-state index in [0.29, 0.717) is 40.7 Å². The number of amides is 1. The second kappa shape index (κ2) is 8.20. The number of hydrogen-bond donors (Lipinski definition) is 1. The van der Waals surface area contributed by atoms with Crippen LogP contribution in [0.3, 0.4) is 0 Å². The van der Waals surface area contributed by atoms with E-state index in [9.17, 15) is 9.59 Å². The zero-order valence-corrected chi connectivity index (χ0v) is 17.1. The van der Waals surface area contributed by atoms with Crippen molar-refractivity contribution in [3.63, 3.8) is 0 Å².